The molecule has 1 unspecified atom stereocenters. The predicted octanol–water partition coefficient (Wildman–Crippen LogP) is 3.46. The third kappa shape index (κ3) is 3.58. The van der Waals surface area contributed by atoms with Crippen LogP contribution in [0.5, 0.6) is 0 Å². The zero-order valence-corrected chi connectivity index (χ0v) is 10.7. The first-order chi connectivity index (χ1) is 8.25. The molecule has 2 N–H and O–H groups in total. The van der Waals surface area contributed by atoms with E-state index in [0.717, 1.165) is 24.2 Å². The van der Waals surface area contributed by atoms with Crippen LogP contribution >= 0.6 is 11.3 Å². The van der Waals surface area contributed by atoms with Crippen molar-refractivity contribution in [1.29, 1.82) is 0 Å². The number of rotatable bonds is 5. The van der Waals surface area contributed by atoms with E-state index in [0.29, 0.717) is 0 Å². The summed E-state index contributed by atoms with van der Waals surface area (Å²) in [6.45, 7) is 2.72. The minimum absolute atomic E-state index is 0.393. The van der Waals surface area contributed by atoms with Gasteiger partial charge >= 0.3 is 0 Å². The first-order valence-corrected chi connectivity index (χ1v) is 6.68. The highest BCUT2D eigenvalue weighted by molar-refractivity contribution is 7.09. The Labute approximate surface area is 106 Å². The molecule has 1 aromatic carbocycles. The molecular formula is C14H17NOS. The fraction of sp³-hybridized carbons (Fsp3) is 0.286. The molecule has 1 aromatic heterocycles. The van der Waals surface area contributed by atoms with E-state index in [2.05, 4.69) is 22.8 Å². The molecular weight excluding hydrogens is 230 g/mol. The molecule has 3 heteroatoms. The van der Waals surface area contributed by atoms with Crippen molar-refractivity contribution >= 4 is 17.0 Å². The highest BCUT2D eigenvalue weighted by Gasteiger charge is 2.00. The minimum Gasteiger partial charge on any atom is -0.389 e. The van der Waals surface area contributed by atoms with Crippen molar-refractivity contribution in [3.8, 4) is 0 Å². The van der Waals surface area contributed by atoms with Crippen molar-refractivity contribution in [3.63, 3.8) is 0 Å². The molecule has 1 atom stereocenters. The maximum absolute atomic E-state index is 9.40. The van der Waals surface area contributed by atoms with Crippen LogP contribution in [0.1, 0.15) is 23.5 Å². The number of anilines is 1. The summed E-state index contributed by atoms with van der Waals surface area (Å²) in [4.78, 5) is 1.40. The van der Waals surface area contributed by atoms with E-state index in [1.54, 1.807) is 18.3 Å². The van der Waals surface area contributed by atoms with Crippen molar-refractivity contribution in [2.24, 2.45) is 0 Å². The standard InChI is InChI=1S/C14H17NOS/c1-11(16)12-4-6-13(7-5-12)15-9-8-14-3-2-10-17-14/h2-7,10-11,15-16H,8-9H2,1H3. The van der Waals surface area contributed by atoms with Crippen LogP contribution in [0, 0.1) is 0 Å². The average Bonchev–Trinajstić information content (AvgIpc) is 2.83. The lowest BCUT2D eigenvalue weighted by molar-refractivity contribution is 0.199. The third-order valence-electron chi connectivity index (χ3n) is 2.67. The summed E-state index contributed by atoms with van der Waals surface area (Å²) < 4.78 is 0. The van der Waals surface area contributed by atoms with E-state index in [1.807, 2.05) is 24.3 Å². The number of hydrogen-bond acceptors (Lipinski definition) is 3. The van der Waals surface area contributed by atoms with Crippen molar-refractivity contribution in [3.05, 3.63) is 52.2 Å². The summed E-state index contributed by atoms with van der Waals surface area (Å²) in [5, 5.41) is 14.9. The van der Waals surface area contributed by atoms with E-state index >= 15 is 0 Å². The van der Waals surface area contributed by atoms with Gasteiger partial charge in [0.15, 0.2) is 0 Å². The van der Waals surface area contributed by atoms with Crippen LogP contribution in [-0.2, 0) is 6.42 Å². The summed E-state index contributed by atoms with van der Waals surface area (Å²) in [6.07, 6.45) is 0.658. The molecule has 0 bridgehead atoms. The number of nitrogens with one attached hydrogen (secondary N) is 1. The Bertz CT molecular complexity index is 434. The quantitative estimate of drug-likeness (QED) is 0.848. The Morgan fingerprint density at radius 3 is 2.59 bits per heavy atom. The molecule has 17 heavy (non-hydrogen) atoms. The topological polar surface area (TPSA) is 32.3 Å². The minimum atomic E-state index is -0.393. The number of thiophene rings is 1. The summed E-state index contributed by atoms with van der Waals surface area (Å²) in [5.41, 5.74) is 2.06. The summed E-state index contributed by atoms with van der Waals surface area (Å²) >= 11 is 1.79. The van der Waals surface area contributed by atoms with Crippen LogP contribution in [0.15, 0.2) is 41.8 Å². The van der Waals surface area contributed by atoms with Crippen molar-refractivity contribution in [2.75, 3.05) is 11.9 Å². The second-order valence-corrected chi connectivity index (χ2v) is 5.09. The number of hydrogen-bond donors (Lipinski definition) is 2. The lowest BCUT2D eigenvalue weighted by atomic mass is 10.1. The molecule has 0 saturated carbocycles. The lowest BCUT2D eigenvalue weighted by Gasteiger charge is -2.08. The second-order valence-electron chi connectivity index (χ2n) is 4.05. The van der Waals surface area contributed by atoms with Crippen molar-refractivity contribution in [1.82, 2.24) is 0 Å². The van der Waals surface area contributed by atoms with Crippen molar-refractivity contribution < 1.29 is 5.11 Å². The van der Waals surface area contributed by atoms with Crippen LogP contribution in [0.2, 0.25) is 0 Å². The largest absolute Gasteiger partial charge is 0.389 e. The molecule has 0 saturated heterocycles. The van der Waals surface area contributed by atoms with Gasteiger partial charge in [0.2, 0.25) is 0 Å². The summed E-state index contributed by atoms with van der Waals surface area (Å²) in [6, 6.07) is 12.2. The Hall–Kier alpha value is -1.32. The zero-order chi connectivity index (χ0) is 12.1. The Morgan fingerprint density at radius 2 is 2.00 bits per heavy atom. The first-order valence-electron chi connectivity index (χ1n) is 5.80. The molecule has 0 aliphatic heterocycles. The lowest BCUT2D eigenvalue weighted by Crippen LogP contribution is -2.03. The van der Waals surface area contributed by atoms with E-state index < -0.39 is 6.10 Å². The molecule has 2 rings (SSSR count). The van der Waals surface area contributed by atoms with Crippen LogP contribution in [0.25, 0.3) is 0 Å². The normalized spacial score (nSPS) is 12.4. The van der Waals surface area contributed by atoms with Gasteiger partial charge in [-0.25, -0.2) is 0 Å². The average molecular weight is 247 g/mol. The van der Waals surface area contributed by atoms with Gasteiger partial charge in [-0.3, -0.25) is 0 Å². The van der Waals surface area contributed by atoms with Gasteiger partial charge in [-0.15, -0.1) is 11.3 Å². The molecule has 0 fully saturated rings. The van der Waals surface area contributed by atoms with Gasteiger partial charge in [0.25, 0.3) is 0 Å². The van der Waals surface area contributed by atoms with Crippen LogP contribution < -0.4 is 5.32 Å². The van der Waals surface area contributed by atoms with Crippen LogP contribution in [-0.4, -0.2) is 11.7 Å². The zero-order valence-electron chi connectivity index (χ0n) is 9.89. The summed E-state index contributed by atoms with van der Waals surface area (Å²) in [7, 11) is 0. The molecule has 2 nitrogen and oxygen atoms in total. The highest BCUT2D eigenvalue weighted by atomic mass is 32.1. The maximum atomic E-state index is 9.40. The fourth-order valence-corrected chi connectivity index (χ4v) is 2.37. The van der Waals surface area contributed by atoms with Gasteiger partial charge in [0.05, 0.1) is 6.10 Å². The fourth-order valence-electron chi connectivity index (χ4n) is 1.66. The maximum Gasteiger partial charge on any atom is 0.0761 e. The molecule has 0 spiro atoms. The number of aliphatic hydroxyl groups excluding tert-OH is 1. The van der Waals surface area contributed by atoms with E-state index in [-0.39, 0.29) is 0 Å². The second kappa shape index (κ2) is 5.84. The van der Waals surface area contributed by atoms with Crippen molar-refractivity contribution in [2.45, 2.75) is 19.4 Å². The predicted molar refractivity (Wildman–Crippen MR) is 73.6 cm³/mol. The Morgan fingerprint density at radius 1 is 1.24 bits per heavy atom. The first kappa shape index (κ1) is 12.1. The van der Waals surface area contributed by atoms with Crippen LogP contribution in [0.4, 0.5) is 5.69 Å². The van der Waals surface area contributed by atoms with Gasteiger partial charge in [0.1, 0.15) is 0 Å². The Kier molecular flexibility index (Phi) is 4.18. The molecule has 1 heterocycles. The molecule has 0 amide bonds. The monoisotopic (exact) mass is 247 g/mol. The molecule has 2 aromatic rings. The molecule has 90 valence electrons. The number of benzene rings is 1. The van der Waals surface area contributed by atoms with E-state index in [9.17, 15) is 5.11 Å². The molecule has 0 aliphatic carbocycles. The number of aliphatic hydroxyl groups is 1. The van der Waals surface area contributed by atoms with Crippen LogP contribution in [0.3, 0.4) is 0 Å². The van der Waals surface area contributed by atoms with Gasteiger partial charge in [-0.05, 0) is 42.5 Å². The highest BCUT2D eigenvalue weighted by Crippen LogP contribution is 2.16. The Balaban J connectivity index is 1.83. The third-order valence-corrected chi connectivity index (χ3v) is 3.61. The summed E-state index contributed by atoms with van der Waals surface area (Å²) in [5.74, 6) is 0. The van der Waals surface area contributed by atoms with Gasteiger partial charge < -0.3 is 10.4 Å². The molecule has 0 radical (unpaired) electrons. The molecule has 0 aliphatic rings. The van der Waals surface area contributed by atoms with Gasteiger partial charge in [-0.1, -0.05) is 18.2 Å². The smallest absolute Gasteiger partial charge is 0.0761 e. The van der Waals surface area contributed by atoms with E-state index in [4.69, 9.17) is 0 Å². The SMILES string of the molecule is CC(O)c1ccc(NCCc2cccs2)cc1. The van der Waals surface area contributed by atoms with Gasteiger partial charge in [0, 0.05) is 17.1 Å². The van der Waals surface area contributed by atoms with Gasteiger partial charge in [-0.2, -0.15) is 0 Å². The van der Waals surface area contributed by atoms with E-state index in [1.165, 1.54) is 4.88 Å².